The van der Waals surface area contributed by atoms with Crippen molar-refractivity contribution in [2.45, 2.75) is 56.2 Å². The number of benzene rings is 2. The minimum absolute atomic E-state index is 0.0257. The van der Waals surface area contributed by atoms with Gasteiger partial charge in [0.25, 0.3) is 12.0 Å². The molecule has 0 aliphatic carbocycles. The Morgan fingerprint density at radius 3 is 2.25 bits per heavy atom. The first-order valence-corrected chi connectivity index (χ1v) is 15.6. The van der Waals surface area contributed by atoms with Gasteiger partial charge in [0.1, 0.15) is 5.25 Å². The van der Waals surface area contributed by atoms with E-state index in [1.165, 1.54) is 49.4 Å². The van der Waals surface area contributed by atoms with Crippen molar-refractivity contribution in [1.29, 1.82) is 0 Å². The van der Waals surface area contributed by atoms with E-state index in [2.05, 4.69) is 14.8 Å². The van der Waals surface area contributed by atoms with Crippen molar-refractivity contribution in [3.8, 4) is 0 Å². The Labute approximate surface area is 233 Å². The highest BCUT2D eigenvalue weighted by molar-refractivity contribution is 7.93. The number of carbonyl (C=O) groups excluding carboxylic acids is 1. The monoisotopic (exact) mass is 600 g/mol. The van der Waals surface area contributed by atoms with Gasteiger partial charge in [0, 0.05) is 24.3 Å². The van der Waals surface area contributed by atoms with E-state index in [-0.39, 0.29) is 53.3 Å². The van der Waals surface area contributed by atoms with E-state index in [4.69, 9.17) is 0 Å². The normalized spacial score (nSPS) is 15.5. The molecule has 1 aliphatic heterocycles. The number of piperidine rings is 1. The van der Waals surface area contributed by atoms with Crippen molar-refractivity contribution in [2.75, 3.05) is 34.6 Å². The van der Waals surface area contributed by atoms with Crippen LogP contribution in [-0.4, -0.2) is 58.3 Å². The highest BCUT2D eigenvalue weighted by Crippen LogP contribution is 2.32. The molecule has 1 aliphatic rings. The summed E-state index contributed by atoms with van der Waals surface area (Å²) in [6.45, 7) is 6.18. The number of rotatable bonds is 9. The van der Waals surface area contributed by atoms with Crippen LogP contribution in [0.25, 0.3) is 0 Å². The first kappa shape index (κ1) is 31.5. The average molecular weight is 601 g/mol. The molecule has 4 N–H and O–H groups in total. The second-order valence-electron chi connectivity index (χ2n) is 10.6. The summed E-state index contributed by atoms with van der Waals surface area (Å²) >= 11 is 0. The predicted octanol–water partition coefficient (Wildman–Crippen LogP) is 3.89. The van der Waals surface area contributed by atoms with Crippen molar-refractivity contribution in [3.63, 3.8) is 0 Å². The van der Waals surface area contributed by atoms with Crippen LogP contribution in [0, 0.1) is 0 Å². The fourth-order valence-corrected chi connectivity index (χ4v) is 6.34. The van der Waals surface area contributed by atoms with E-state index in [9.17, 15) is 35.5 Å². The third-order valence-corrected chi connectivity index (χ3v) is 9.59. The van der Waals surface area contributed by atoms with Gasteiger partial charge in [-0.15, -0.1) is 0 Å². The lowest BCUT2D eigenvalue weighted by atomic mass is 10.0. The number of halogens is 2. The number of aliphatic hydroxyl groups is 1. The summed E-state index contributed by atoms with van der Waals surface area (Å²) in [4.78, 5) is 15.0. The smallest absolute Gasteiger partial charge is 0.269 e. The molecular weight excluding hydrogens is 566 g/mol. The van der Waals surface area contributed by atoms with Crippen molar-refractivity contribution in [1.82, 2.24) is 4.72 Å². The van der Waals surface area contributed by atoms with Gasteiger partial charge in [-0.2, -0.15) is 8.78 Å². The molecule has 0 radical (unpaired) electrons. The molecule has 0 spiro atoms. The zero-order chi connectivity index (χ0) is 29.9. The van der Waals surface area contributed by atoms with E-state index in [1.807, 2.05) is 0 Å². The van der Waals surface area contributed by atoms with Crippen LogP contribution in [0.5, 0.6) is 0 Å². The topological polar surface area (TPSA) is 145 Å². The summed E-state index contributed by atoms with van der Waals surface area (Å²) in [5.41, 5.74) is 0.0830. The van der Waals surface area contributed by atoms with E-state index < -0.39 is 49.4 Å². The van der Waals surface area contributed by atoms with E-state index >= 15 is 0 Å². The fraction of sp³-hybridized carbons (Fsp3) is 0.423. The summed E-state index contributed by atoms with van der Waals surface area (Å²) in [6.07, 6.45) is -1.59. The summed E-state index contributed by atoms with van der Waals surface area (Å²) in [7, 11) is -7.80. The Kier molecular flexibility index (Phi) is 9.60. The number of aliphatic hydroxyl groups excluding tert-OH is 1. The lowest BCUT2D eigenvalue weighted by molar-refractivity contribution is 0.102. The molecular formula is C26H34F2N4O6S2. The molecule has 1 heterocycles. The van der Waals surface area contributed by atoms with Gasteiger partial charge in [-0.1, -0.05) is 6.07 Å². The molecule has 220 valence electrons. The lowest BCUT2D eigenvalue weighted by Gasteiger charge is -2.32. The van der Waals surface area contributed by atoms with E-state index in [0.717, 1.165) is 0 Å². The van der Waals surface area contributed by atoms with Crippen LogP contribution in [-0.2, 0) is 20.0 Å². The maximum absolute atomic E-state index is 13.4. The molecule has 2 aromatic carbocycles. The quantitative estimate of drug-likeness (QED) is 0.342. The van der Waals surface area contributed by atoms with Crippen molar-refractivity contribution < 1.29 is 35.5 Å². The fourth-order valence-electron chi connectivity index (χ4n) is 4.02. The van der Waals surface area contributed by atoms with E-state index in [0.29, 0.717) is 5.69 Å². The third-order valence-electron chi connectivity index (χ3n) is 6.11. The molecule has 0 bridgehead atoms. The molecule has 1 saturated heterocycles. The number of nitrogens with one attached hydrogen (secondary N) is 3. The lowest BCUT2D eigenvalue weighted by Crippen LogP contribution is -2.40. The number of nitrogens with zero attached hydrogens (tertiary/aromatic N) is 1. The summed E-state index contributed by atoms with van der Waals surface area (Å²) in [5.74, 6) is -0.607. The zero-order valence-electron chi connectivity index (χ0n) is 22.7. The molecule has 1 fully saturated rings. The van der Waals surface area contributed by atoms with Crippen molar-refractivity contribution >= 4 is 43.0 Å². The Balaban J connectivity index is 1.95. The second kappa shape index (κ2) is 12.2. The van der Waals surface area contributed by atoms with Crippen LogP contribution in [0.2, 0.25) is 0 Å². The minimum Gasteiger partial charge on any atom is -0.395 e. The number of amides is 1. The van der Waals surface area contributed by atoms with Crippen LogP contribution < -0.4 is 19.7 Å². The van der Waals surface area contributed by atoms with Gasteiger partial charge >= 0.3 is 0 Å². The summed E-state index contributed by atoms with van der Waals surface area (Å²) in [6, 6.07) is 9.93. The first-order chi connectivity index (χ1) is 18.5. The van der Waals surface area contributed by atoms with Crippen molar-refractivity contribution in [2.24, 2.45) is 0 Å². The third kappa shape index (κ3) is 7.99. The highest BCUT2D eigenvalue weighted by Gasteiger charge is 2.26. The molecule has 0 unspecified atom stereocenters. The SMILES string of the molecule is C[C@@H](CO)S(=O)(=O)Nc1ccc(C(=O)Nc2cccc(S(=O)(=O)NC(C)(C)C)c2)c(N2CCC(=C(F)F)CC2)c1. The Morgan fingerprint density at radius 2 is 1.68 bits per heavy atom. The number of sulfonamides is 2. The van der Waals surface area contributed by atoms with Gasteiger partial charge in [-0.05, 0) is 82.5 Å². The molecule has 2 aromatic rings. The molecule has 10 nitrogen and oxygen atoms in total. The molecule has 40 heavy (non-hydrogen) atoms. The number of hydrogen-bond acceptors (Lipinski definition) is 7. The van der Waals surface area contributed by atoms with Gasteiger partial charge < -0.3 is 15.3 Å². The molecule has 1 amide bonds. The molecule has 1 atom stereocenters. The molecule has 0 saturated carbocycles. The van der Waals surface area contributed by atoms with Crippen LogP contribution in [0.3, 0.4) is 0 Å². The van der Waals surface area contributed by atoms with Gasteiger partial charge in [-0.3, -0.25) is 9.52 Å². The Morgan fingerprint density at radius 1 is 1.02 bits per heavy atom. The minimum atomic E-state index is -3.93. The van der Waals surface area contributed by atoms with Crippen LogP contribution in [0.15, 0.2) is 59.0 Å². The molecule has 0 aromatic heterocycles. The van der Waals surface area contributed by atoms with Gasteiger partial charge in [-0.25, -0.2) is 21.6 Å². The van der Waals surface area contributed by atoms with Crippen LogP contribution in [0.4, 0.5) is 25.8 Å². The first-order valence-electron chi connectivity index (χ1n) is 12.5. The maximum Gasteiger partial charge on any atom is 0.269 e. The van der Waals surface area contributed by atoms with Gasteiger partial charge in [0.2, 0.25) is 20.0 Å². The number of hydrogen-bond donors (Lipinski definition) is 4. The largest absolute Gasteiger partial charge is 0.395 e. The highest BCUT2D eigenvalue weighted by atomic mass is 32.2. The standard InChI is InChI=1S/C26H34F2N4O6S2/c1-17(16-33)39(35,36)30-20-8-9-22(23(15-20)32-12-10-18(11-13-32)24(27)28)25(34)29-19-6-5-7-21(14-19)40(37,38)31-26(2,3)4/h5-9,14-15,17,30-31,33H,10-13,16H2,1-4H3,(H,29,34)/t17-/m0/s1. The van der Waals surface area contributed by atoms with Gasteiger partial charge in [0.15, 0.2) is 0 Å². The zero-order valence-corrected chi connectivity index (χ0v) is 24.3. The summed E-state index contributed by atoms with van der Waals surface area (Å²) in [5, 5.41) is 10.9. The number of anilines is 3. The average Bonchev–Trinajstić information content (AvgIpc) is 2.86. The molecule has 3 rings (SSSR count). The van der Waals surface area contributed by atoms with E-state index in [1.54, 1.807) is 25.7 Å². The van der Waals surface area contributed by atoms with Crippen LogP contribution in [0.1, 0.15) is 50.9 Å². The second-order valence-corrected chi connectivity index (χ2v) is 14.3. The predicted molar refractivity (Wildman–Crippen MR) is 151 cm³/mol. The Bertz CT molecular complexity index is 1490. The maximum atomic E-state index is 13.4. The van der Waals surface area contributed by atoms with Crippen LogP contribution >= 0.6 is 0 Å². The van der Waals surface area contributed by atoms with Gasteiger partial charge in [0.05, 0.1) is 28.4 Å². The summed E-state index contributed by atoms with van der Waals surface area (Å²) < 4.78 is 81.7. The number of carbonyl (C=O) groups is 1. The molecule has 14 heteroatoms. The van der Waals surface area contributed by atoms with Crippen molar-refractivity contribution in [3.05, 3.63) is 59.7 Å². The Hall–Kier alpha value is -3.07.